The molecule has 2 aromatic heterocycles. The summed E-state index contributed by atoms with van der Waals surface area (Å²) in [5.41, 5.74) is 5.75. The minimum Gasteiger partial charge on any atom is -0.330 e. The molecule has 0 aliphatic rings. The first-order valence-electron chi connectivity index (χ1n) is 5.08. The van der Waals surface area contributed by atoms with E-state index < -0.39 is 0 Å². The topological polar surface area (TPSA) is 43.8 Å². The molecule has 15 heavy (non-hydrogen) atoms. The van der Waals surface area contributed by atoms with Crippen molar-refractivity contribution in [2.75, 3.05) is 0 Å². The van der Waals surface area contributed by atoms with Crippen LogP contribution in [0, 0.1) is 0 Å². The number of nitrogens with zero attached hydrogens (tertiary/aromatic N) is 2. The van der Waals surface area contributed by atoms with Gasteiger partial charge < -0.3 is 10.3 Å². The van der Waals surface area contributed by atoms with Gasteiger partial charge in [-0.25, -0.2) is 4.98 Å². The van der Waals surface area contributed by atoms with Crippen molar-refractivity contribution in [3.63, 3.8) is 0 Å². The van der Waals surface area contributed by atoms with Crippen LogP contribution in [-0.2, 0) is 6.54 Å². The molecule has 0 fully saturated rings. The molecule has 0 saturated heterocycles. The molecule has 2 heterocycles. The van der Waals surface area contributed by atoms with Crippen LogP contribution >= 0.6 is 11.3 Å². The van der Waals surface area contributed by atoms with Crippen molar-refractivity contribution >= 4 is 11.3 Å². The minimum absolute atomic E-state index is 0.239. The summed E-state index contributed by atoms with van der Waals surface area (Å²) in [5, 5.41) is 2.07. The van der Waals surface area contributed by atoms with Crippen molar-refractivity contribution in [1.29, 1.82) is 0 Å². The van der Waals surface area contributed by atoms with Crippen molar-refractivity contribution in [3.05, 3.63) is 29.9 Å². The fraction of sp³-hybridized carbons (Fsp3) is 0.364. The third kappa shape index (κ3) is 2.46. The van der Waals surface area contributed by atoms with Gasteiger partial charge in [-0.1, -0.05) is 6.07 Å². The molecule has 0 aromatic carbocycles. The van der Waals surface area contributed by atoms with Crippen molar-refractivity contribution in [2.45, 2.75) is 25.9 Å². The van der Waals surface area contributed by atoms with E-state index in [4.69, 9.17) is 5.73 Å². The molecule has 0 saturated carbocycles. The standard InChI is InChI=1S/C11H15N3S/c1-9(12)4-6-14-7-5-13-11(14)10-3-2-8-15-10/h2-3,5,7-9H,4,6,12H2,1H3. The van der Waals surface area contributed by atoms with Crippen LogP contribution in [0.1, 0.15) is 13.3 Å². The Labute approximate surface area is 93.6 Å². The Kier molecular flexibility index (Phi) is 3.18. The number of aromatic nitrogens is 2. The molecule has 4 heteroatoms. The summed E-state index contributed by atoms with van der Waals surface area (Å²) in [6.07, 6.45) is 4.84. The highest BCUT2D eigenvalue weighted by Gasteiger charge is 2.06. The van der Waals surface area contributed by atoms with Gasteiger partial charge in [0.2, 0.25) is 0 Å². The molecular weight excluding hydrogens is 206 g/mol. The average Bonchev–Trinajstić information content (AvgIpc) is 2.85. The zero-order valence-corrected chi connectivity index (χ0v) is 9.57. The average molecular weight is 221 g/mol. The fourth-order valence-electron chi connectivity index (χ4n) is 1.46. The summed E-state index contributed by atoms with van der Waals surface area (Å²) < 4.78 is 2.16. The summed E-state index contributed by atoms with van der Waals surface area (Å²) in [6.45, 7) is 2.96. The van der Waals surface area contributed by atoms with Gasteiger partial charge in [0, 0.05) is 25.0 Å². The van der Waals surface area contributed by atoms with Crippen LogP contribution in [0.4, 0.5) is 0 Å². The molecule has 80 valence electrons. The summed E-state index contributed by atoms with van der Waals surface area (Å²) in [5.74, 6) is 1.05. The lowest BCUT2D eigenvalue weighted by Crippen LogP contribution is -2.17. The minimum atomic E-state index is 0.239. The predicted molar refractivity (Wildman–Crippen MR) is 63.8 cm³/mol. The molecule has 2 N–H and O–H groups in total. The first-order chi connectivity index (χ1) is 7.27. The molecule has 0 aliphatic carbocycles. The molecule has 0 amide bonds. The number of nitrogens with two attached hydrogens (primary N) is 1. The number of rotatable bonds is 4. The maximum absolute atomic E-state index is 5.75. The molecule has 0 radical (unpaired) electrons. The second-order valence-electron chi connectivity index (χ2n) is 3.69. The Morgan fingerprint density at radius 3 is 3.13 bits per heavy atom. The van der Waals surface area contributed by atoms with E-state index in [0.717, 1.165) is 18.8 Å². The fourth-order valence-corrected chi connectivity index (χ4v) is 2.20. The van der Waals surface area contributed by atoms with Gasteiger partial charge >= 0.3 is 0 Å². The first-order valence-corrected chi connectivity index (χ1v) is 5.96. The van der Waals surface area contributed by atoms with Gasteiger partial charge in [-0.15, -0.1) is 11.3 Å². The van der Waals surface area contributed by atoms with Crippen molar-refractivity contribution < 1.29 is 0 Å². The van der Waals surface area contributed by atoms with Crippen LogP contribution in [0.3, 0.4) is 0 Å². The smallest absolute Gasteiger partial charge is 0.149 e. The monoisotopic (exact) mass is 221 g/mol. The SMILES string of the molecule is CC(N)CCn1ccnc1-c1cccs1. The largest absolute Gasteiger partial charge is 0.330 e. The van der Waals surface area contributed by atoms with Crippen LogP contribution in [-0.4, -0.2) is 15.6 Å². The van der Waals surface area contributed by atoms with E-state index in [0.29, 0.717) is 0 Å². The van der Waals surface area contributed by atoms with E-state index in [9.17, 15) is 0 Å². The lowest BCUT2D eigenvalue weighted by molar-refractivity contribution is 0.574. The van der Waals surface area contributed by atoms with Crippen molar-refractivity contribution in [1.82, 2.24) is 9.55 Å². The summed E-state index contributed by atoms with van der Waals surface area (Å²) in [7, 11) is 0. The normalized spacial score (nSPS) is 12.9. The molecule has 0 aliphatic heterocycles. The van der Waals surface area contributed by atoms with E-state index >= 15 is 0 Å². The van der Waals surface area contributed by atoms with Crippen molar-refractivity contribution in [2.24, 2.45) is 5.73 Å². The highest BCUT2D eigenvalue weighted by Crippen LogP contribution is 2.22. The Bertz CT molecular complexity index is 403. The van der Waals surface area contributed by atoms with Crippen LogP contribution < -0.4 is 5.73 Å². The number of aryl methyl sites for hydroxylation is 1. The zero-order chi connectivity index (χ0) is 10.7. The van der Waals surface area contributed by atoms with E-state index in [1.807, 2.05) is 25.4 Å². The van der Waals surface area contributed by atoms with E-state index in [-0.39, 0.29) is 6.04 Å². The Morgan fingerprint density at radius 2 is 2.47 bits per heavy atom. The maximum Gasteiger partial charge on any atom is 0.149 e. The molecule has 0 spiro atoms. The van der Waals surface area contributed by atoms with E-state index in [1.54, 1.807) is 11.3 Å². The summed E-state index contributed by atoms with van der Waals surface area (Å²) >= 11 is 1.71. The quantitative estimate of drug-likeness (QED) is 0.861. The van der Waals surface area contributed by atoms with Gasteiger partial charge in [0.15, 0.2) is 0 Å². The number of thiophene rings is 1. The van der Waals surface area contributed by atoms with E-state index in [1.165, 1.54) is 4.88 Å². The van der Waals surface area contributed by atoms with Gasteiger partial charge in [-0.05, 0) is 24.8 Å². The highest BCUT2D eigenvalue weighted by atomic mass is 32.1. The van der Waals surface area contributed by atoms with Gasteiger partial charge in [-0.2, -0.15) is 0 Å². The van der Waals surface area contributed by atoms with Crippen LogP contribution in [0.2, 0.25) is 0 Å². The third-order valence-electron chi connectivity index (χ3n) is 2.28. The predicted octanol–water partition coefficient (Wildman–Crippen LogP) is 2.35. The van der Waals surface area contributed by atoms with Gasteiger partial charge in [0.05, 0.1) is 4.88 Å². The Morgan fingerprint density at radius 1 is 1.60 bits per heavy atom. The number of hydrogen-bond donors (Lipinski definition) is 1. The first kappa shape index (κ1) is 10.4. The summed E-state index contributed by atoms with van der Waals surface area (Å²) in [6, 6.07) is 4.38. The molecule has 2 aromatic rings. The lowest BCUT2D eigenvalue weighted by Gasteiger charge is -2.08. The Hall–Kier alpha value is -1.13. The van der Waals surface area contributed by atoms with Gasteiger partial charge in [0.1, 0.15) is 5.82 Å². The number of hydrogen-bond acceptors (Lipinski definition) is 3. The molecule has 0 bridgehead atoms. The molecule has 1 unspecified atom stereocenters. The molecular formula is C11H15N3S. The number of imidazole rings is 1. The maximum atomic E-state index is 5.75. The van der Waals surface area contributed by atoms with Gasteiger partial charge in [0.25, 0.3) is 0 Å². The molecule has 2 rings (SSSR count). The molecule has 1 atom stereocenters. The zero-order valence-electron chi connectivity index (χ0n) is 8.76. The summed E-state index contributed by atoms with van der Waals surface area (Å²) in [4.78, 5) is 5.58. The second kappa shape index (κ2) is 4.59. The van der Waals surface area contributed by atoms with Crippen molar-refractivity contribution in [3.8, 4) is 10.7 Å². The van der Waals surface area contributed by atoms with Gasteiger partial charge in [-0.3, -0.25) is 0 Å². The third-order valence-corrected chi connectivity index (χ3v) is 3.15. The van der Waals surface area contributed by atoms with Crippen LogP contribution in [0.5, 0.6) is 0 Å². The second-order valence-corrected chi connectivity index (χ2v) is 4.64. The Balaban J connectivity index is 2.16. The van der Waals surface area contributed by atoms with Crippen LogP contribution in [0.25, 0.3) is 10.7 Å². The molecule has 3 nitrogen and oxygen atoms in total. The highest BCUT2D eigenvalue weighted by molar-refractivity contribution is 7.13. The van der Waals surface area contributed by atoms with E-state index in [2.05, 4.69) is 21.0 Å². The van der Waals surface area contributed by atoms with Crippen LogP contribution in [0.15, 0.2) is 29.9 Å². The lowest BCUT2D eigenvalue weighted by atomic mass is 10.2.